The lowest BCUT2D eigenvalue weighted by Crippen LogP contribution is -2.62. The molecule has 1 fully saturated rings. The average Bonchev–Trinajstić information content (AvgIpc) is 2.39. The zero-order valence-electron chi connectivity index (χ0n) is 11.3. The second kappa shape index (κ2) is 6.26. The van der Waals surface area contributed by atoms with Gasteiger partial charge in [0.1, 0.15) is 12.1 Å². The molecule has 0 spiro atoms. The summed E-state index contributed by atoms with van der Waals surface area (Å²) in [4.78, 5) is 26.2. The Hall–Kier alpha value is -0.880. The summed E-state index contributed by atoms with van der Waals surface area (Å²) in [7, 11) is 0. The minimum absolute atomic E-state index is 0.0537. The number of carbonyl (C=O) groups is 2. The molecule has 1 aromatic rings. The highest BCUT2D eigenvalue weighted by Crippen LogP contribution is 2.32. The standard InChI is InChI=1S/C14H16Br2N2O2/c1-3-4-11-14(20)18(8(2)13(19)17-11)12-6-5-9(15)7-10(12)16/h5-8,11H,3-4H2,1-2H3,(H,17,19). The Morgan fingerprint density at radius 1 is 1.30 bits per heavy atom. The van der Waals surface area contributed by atoms with Crippen molar-refractivity contribution < 1.29 is 9.59 Å². The van der Waals surface area contributed by atoms with Crippen molar-refractivity contribution >= 4 is 49.4 Å². The number of nitrogens with one attached hydrogen (secondary N) is 1. The summed E-state index contributed by atoms with van der Waals surface area (Å²) in [5.41, 5.74) is 0.724. The minimum atomic E-state index is -0.506. The fraction of sp³-hybridized carbons (Fsp3) is 0.429. The number of halogens is 2. The van der Waals surface area contributed by atoms with Gasteiger partial charge in [0.2, 0.25) is 11.8 Å². The molecular formula is C14H16Br2N2O2. The fourth-order valence-electron chi connectivity index (χ4n) is 2.32. The molecule has 0 saturated carbocycles. The topological polar surface area (TPSA) is 49.4 Å². The molecule has 1 aromatic carbocycles. The smallest absolute Gasteiger partial charge is 0.250 e. The maximum absolute atomic E-state index is 12.6. The van der Waals surface area contributed by atoms with Crippen LogP contribution in [0.25, 0.3) is 0 Å². The normalized spacial score (nSPS) is 22.9. The second-order valence-electron chi connectivity index (χ2n) is 4.83. The van der Waals surface area contributed by atoms with E-state index in [4.69, 9.17) is 0 Å². The summed E-state index contributed by atoms with van der Waals surface area (Å²) >= 11 is 6.85. The van der Waals surface area contributed by atoms with Gasteiger partial charge in [-0.15, -0.1) is 0 Å². The SMILES string of the molecule is CCCC1NC(=O)C(C)N(c2ccc(Br)cc2Br)C1=O. The lowest BCUT2D eigenvalue weighted by atomic mass is 10.0. The van der Waals surface area contributed by atoms with Crippen LogP contribution in [0.4, 0.5) is 5.69 Å². The van der Waals surface area contributed by atoms with Crippen LogP contribution in [-0.4, -0.2) is 23.9 Å². The van der Waals surface area contributed by atoms with Crippen LogP contribution in [0.5, 0.6) is 0 Å². The number of amides is 2. The summed E-state index contributed by atoms with van der Waals surface area (Å²) in [5, 5.41) is 2.79. The number of benzene rings is 1. The van der Waals surface area contributed by atoms with Crippen LogP contribution in [-0.2, 0) is 9.59 Å². The Bertz CT molecular complexity index is 548. The van der Waals surface area contributed by atoms with Gasteiger partial charge in [-0.25, -0.2) is 0 Å². The van der Waals surface area contributed by atoms with E-state index in [2.05, 4.69) is 37.2 Å². The van der Waals surface area contributed by atoms with Crippen molar-refractivity contribution in [3.63, 3.8) is 0 Å². The molecule has 1 aliphatic heterocycles. The van der Waals surface area contributed by atoms with Crippen LogP contribution in [0.2, 0.25) is 0 Å². The predicted octanol–water partition coefficient (Wildman–Crippen LogP) is 3.23. The predicted molar refractivity (Wildman–Crippen MR) is 85.6 cm³/mol. The molecule has 2 amide bonds. The highest BCUT2D eigenvalue weighted by Gasteiger charge is 2.39. The minimum Gasteiger partial charge on any atom is -0.342 e. The van der Waals surface area contributed by atoms with Crippen molar-refractivity contribution in [3.05, 3.63) is 27.1 Å². The van der Waals surface area contributed by atoms with E-state index < -0.39 is 12.1 Å². The largest absolute Gasteiger partial charge is 0.342 e. The van der Waals surface area contributed by atoms with Gasteiger partial charge in [-0.2, -0.15) is 0 Å². The van der Waals surface area contributed by atoms with Crippen LogP contribution in [0.3, 0.4) is 0 Å². The zero-order valence-corrected chi connectivity index (χ0v) is 14.5. The van der Waals surface area contributed by atoms with Gasteiger partial charge in [0, 0.05) is 8.95 Å². The molecule has 0 aromatic heterocycles. The number of anilines is 1. The Balaban J connectivity index is 2.40. The van der Waals surface area contributed by atoms with Gasteiger partial charge in [0.25, 0.3) is 0 Å². The van der Waals surface area contributed by atoms with Gasteiger partial charge in [-0.05, 0) is 47.5 Å². The molecule has 6 heteroatoms. The third-order valence-electron chi connectivity index (χ3n) is 3.37. The van der Waals surface area contributed by atoms with Crippen LogP contribution >= 0.6 is 31.9 Å². The highest BCUT2D eigenvalue weighted by atomic mass is 79.9. The van der Waals surface area contributed by atoms with Gasteiger partial charge in [-0.3, -0.25) is 14.5 Å². The Morgan fingerprint density at radius 3 is 2.60 bits per heavy atom. The lowest BCUT2D eigenvalue weighted by molar-refractivity contribution is -0.133. The monoisotopic (exact) mass is 402 g/mol. The van der Waals surface area contributed by atoms with Crippen molar-refractivity contribution in [1.82, 2.24) is 5.32 Å². The summed E-state index contributed by atoms with van der Waals surface area (Å²) in [6.07, 6.45) is 1.50. The first-order valence-corrected chi connectivity index (χ1v) is 8.12. The lowest BCUT2D eigenvalue weighted by Gasteiger charge is -2.37. The zero-order chi connectivity index (χ0) is 14.9. The third kappa shape index (κ3) is 2.91. The molecule has 1 saturated heterocycles. The average molecular weight is 404 g/mol. The van der Waals surface area contributed by atoms with Crippen LogP contribution in [0.1, 0.15) is 26.7 Å². The van der Waals surface area contributed by atoms with Crippen molar-refractivity contribution in [1.29, 1.82) is 0 Å². The van der Waals surface area contributed by atoms with E-state index in [1.807, 2.05) is 25.1 Å². The van der Waals surface area contributed by atoms with E-state index >= 15 is 0 Å². The number of hydrogen-bond donors (Lipinski definition) is 1. The summed E-state index contributed by atoms with van der Waals surface area (Å²) < 4.78 is 1.71. The maximum atomic E-state index is 12.6. The summed E-state index contributed by atoms with van der Waals surface area (Å²) in [6.45, 7) is 3.74. The first-order chi connectivity index (χ1) is 9.45. The van der Waals surface area contributed by atoms with Gasteiger partial charge in [-0.1, -0.05) is 29.3 Å². The molecule has 108 valence electrons. The number of rotatable bonds is 3. The molecule has 2 rings (SSSR count). The quantitative estimate of drug-likeness (QED) is 0.842. The van der Waals surface area contributed by atoms with Crippen molar-refractivity contribution in [2.24, 2.45) is 0 Å². The van der Waals surface area contributed by atoms with E-state index in [9.17, 15) is 9.59 Å². The van der Waals surface area contributed by atoms with E-state index in [0.717, 1.165) is 21.1 Å². The molecule has 1 heterocycles. The summed E-state index contributed by atoms with van der Waals surface area (Å²) in [5.74, 6) is -0.167. The third-order valence-corrected chi connectivity index (χ3v) is 4.49. The van der Waals surface area contributed by atoms with E-state index in [-0.39, 0.29) is 11.8 Å². The van der Waals surface area contributed by atoms with E-state index in [0.29, 0.717) is 6.42 Å². The van der Waals surface area contributed by atoms with Gasteiger partial charge in [0.05, 0.1) is 5.69 Å². The van der Waals surface area contributed by atoms with E-state index in [1.54, 1.807) is 11.8 Å². The van der Waals surface area contributed by atoms with Crippen molar-refractivity contribution in [2.75, 3.05) is 4.90 Å². The van der Waals surface area contributed by atoms with Crippen LogP contribution in [0, 0.1) is 0 Å². The number of hydrogen-bond acceptors (Lipinski definition) is 2. The number of piperazine rings is 1. The van der Waals surface area contributed by atoms with Crippen LogP contribution < -0.4 is 10.2 Å². The molecule has 1 aliphatic rings. The Morgan fingerprint density at radius 2 is 2.00 bits per heavy atom. The van der Waals surface area contributed by atoms with Crippen molar-refractivity contribution in [2.45, 2.75) is 38.8 Å². The van der Waals surface area contributed by atoms with Gasteiger partial charge in [0.15, 0.2) is 0 Å². The molecule has 0 aliphatic carbocycles. The second-order valence-corrected chi connectivity index (χ2v) is 6.60. The molecule has 20 heavy (non-hydrogen) atoms. The molecular weight excluding hydrogens is 388 g/mol. The fourth-order valence-corrected chi connectivity index (χ4v) is 3.56. The molecule has 0 bridgehead atoms. The van der Waals surface area contributed by atoms with Gasteiger partial charge >= 0.3 is 0 Å². The Kier molecular flexibility index (Phi) is 4.86. The molecule has 0 radical (unpaired) electrons. The maximum Gasteiger partial charge on any atom is 0.250 e. The highest BCUT2D eigenvalue weighted by molar-refractivity contribution is 9.11. The van der Waals surface area contributed by atoms with E-state index in [1.165, 1.54) is 0 Å². The van der Waals surface area contributed by atoms with Crippen LogP contribution in [0.15, 0.2) is 27.1 Å². The Labute approximate surface area is 135 Å². The number of carbonyl (C=O) groups excluding carboxylic acids is 2. The van der Waals surface area contributed by atoms with Crippen molar-refractivity contribution in [3.8, 4) is 0 Å². The first kappa shape index (κ1) is 15.5. The first-order valence-electron chi connectivity index (χ1n) is 6.54. The van der Waals surface area contributed by atoms with Gasteiger partial charge < -0.3 is 5.32 Å². The molecule has 2 atom stereocenters. The molecule has 2 unspecified atom stereocenters. The molecule has 1 N–H and O–H groups in total. The molecule has 4 nitrogen and oxygen atoms in total. The summed E-state index contributed by atoms with van der Waals surface area (Å²) in [6, 6.07) is 4.63. The number of nitrogens with zero attached hydrogens (tertiary/aromatic N) is 1.